The lowest BCUT2D eigenvalue weighted by molar-refractivity contribution is 0.0996. The summed E-state index contributed by atoms with van der Waals surface area (Å²) in [7, 11) is 0. The molecule has 3 N–H and O–H groups in total. The Morgan fingerprint density at radius 2 is 2.19 bits per heavy atom. The van der Waals surface area contributed by atoms with Gasteiger partial charge in [0.25, 0.3) is 5.91 Å². The van der Waals surface area contributed by atoms with Crippen molar-refractivity contribution in [2.75, 3.05) is 6.61 Å². The van der Waals surface area contributed by atoms with Crippen molar-refractivity contribution in [3.05, 3.63) is 28.4 Å². The molecule has 1 aromatic carbocycles. The lowest BCUT2D eigenvalue weighted by atomic mass is 10.1. The summed E-state index contributed by atoms with van der Waals surface area (Å²) in [5, 5.41) is 10.2. The lowest BCUT2D eigenvalue weighted by Crippen LogP contribution is -2.13. The number of nitrogens with zero attached hydrogens (tertiary/aromatic N) is 2. The van der Waals surface area contributed by atoms with Gasteiger partial charge in [-0.2, -0.15) is 15.4 Å². The summed E-state index contributed by atoms with van der Waals surface area (Å²) in [4.78, 5) is 11.4. The van der Waals surface area contributed by atoms with Crippen molar-refractivity contribution >= 4 is 21.8 Å². The van der Waals surface area contributed by atoms with Crippen molar-refractivity contribution in [3.8, 4) is 17.0 Å². The minimum absolute atomic E-state index is 0.103. The number of unbranched alkanes of at least 4 members (excludes halogenated alkanes) is 2. The molecule has 1 aromatic heterocycles. The van der Waals surface area contributed by atoms with E-state index in [4.69, 9.17) is 10.5 Å². The molecule has 0 aliphatic carbocycles. The third kappa shape index (κ3) is 3.81. The fourth-order valence-corrected chi connectivity index (χ4v) is 2.30. The van der Waals surface area contributed by atoms with Gasteiger partial charge in [-0.05, 0) is 24.6 Å². The number of H-pyrrole nitrogens is 1. The van der Waals surface area contributed by atoms with E-state index in [1.54, 1.807) is 0 Å². The number of aromatic nitrogens is 3. The van der Waals surface area contributed by atoms with Gasteiger partial charge < -0.3 is 10.5 Å². The summed E-state index contributed by atoms with van der Waals surface area (Å²) < 4.78 is 6.66. The van der Waals surface area contributed by atoms with Crippen LogP contribution in [-0.2, 0) is 0 Å². The molecule has 6 nitrogen and oxygen atoms in total. The van der Waals surface area contributed by atoms with E-state index in [-0.39, 0.29) is 5.69 Å². The first-order valence-electron chi connectivity index (χ1n) is 6.76. The van der Waals surface area contributed by atoms with Crippen LogP contribution >= 0.6 is 15.9 Å². The van der Waals surface area contributed by atoms with Gasteiger partial charge in [-0.25, -0.2) is 0 Å². The third-order valence-electron chi connectivity index (χ3n) is 2.98. The molecular formula is C14H17BrN4O2. The minimum Gasteiger partial charge on any atom is -0.493 e. The quantitative estimate of drug-likeness (QED) is 0.749. The summed E-state index contributed by atoms with van der Waals surface area (Å²) >= 11 is 3.41. The molecule has 0 radical (unpaired) electrons. The highest BCUT2D eigenvalue weighted by atomic mass is 79.9. The van der Waals surface area contributed by atoms with Crippen molar-refractivity contribution in [1.82, 2.24) is 15.4 Å². The molecule has 1 heterocycles. The molecule has 2 aromatic rings. The zero-order valence-corrected chi connectivity index (χ0v) is 13.3. The van der Waals surface area contributed by atoms with Crippen molar-refractivity contribution < 1.29 is 9.53 Å². The number of halogens is 1. The number of nitrogens with one attached hydrogen (secondary N) is 1. The first kappa shape index (κ1) is 15.5. The minimum atomic E-state index is -0.629. The fourth-order valence-electron chi connectivity index (χ4n) is 1.94. The van der Waals surface area contributed by atoms with Gasteiger partial charge in [-0.3, -0.25) is 4.79 Å². The van der Waals surface area contributed by atoms with Crippen molar-refractivity contribution in [1.29, 1.82) is 0 Å². The predicted octanol–water partition coefficient (Wildman–Crippen LogP) is 2.90. The molecule has 2 rings (SSSR count). The maximum atomic E-state index is 11.4. The average Bonchev–Trinajstić information content (AvgIpc) is 2.94. The Kier molecular flexibility index (Phi) is 5.32. The molecular weight excluding hydrogens is 336 g/mol. The standard InChI is InChI=1S/C14H17BrN4O2/c1-2-3-4-7-21-11-6-5-9(15)8-10(11)12-13(14(16)20)18-19-17-12/h5-6,8H,2-4,7H2,1H3,(H2,16,20)(H,17,18,19). The van der Waals surface area contributed by atoms with Crippen molar-refractivity contribution in [2.45, 2.75) is 26.2 Å². The number of carbonyl (C=O) groups is 1. The number of hydrogen-bond donors (Lipinski definition) is 2. The van der Waals surface area contributed by atoms with E-state index in [0.29, 0.717) is 23.6 Å². The van der Waals surface area contributed by atoms with E-state index in [1.165, 1.54) is 0 Å². The molecule has 0 spiro atoms. The smallest absolute Gasteiger partial charge is 0.271 e. The number of amides is 1. The van der Waals surface area contributed by atoms with Gasteiger partial charge in [0.1, 0.15) is 11.4 Å². The number of nitrogens with two attached hydrogens (primary N) is 1. The molecule has 0 fully saturated rings. The summed E-state index contributed by atoms with van der Waals surface area (Å²) in [5.41, 5.74) is 6.49. The molecule has 112 valence electrons. The van der Waals surface area contributed by atoms with Crippen LogP contribution < -0.4 is 10.5 Å². The van der Waals surface area contributed by atoms with Crippen LogP contribution in [0.25, 0.3) is 11.3 Å². The van der Waals surface area contributed by atoms with E-state index in [1.807, 2.05) is 18.2 Å². The molecule has 0 saturated heterocycles. The third-order valence-corrected chi connectivity index (χ3v) is 3.48. The number of primary amides is 1. The summed E-state index contributed by atoms with van der Waals surface area (Å²) in [6.45, 7) is 2.76. The summed E-state index contributed by atoms with van der Waals surface area (Å²) in [6.07, 6.45) is 3.22. The molecule has 7 heteroatoms. The SMILES string of the molecule is CCCCCOc1ccc(Br)cc1-c1n[nH]nc1C(N)=O. The average molecular weight is 353 g/mol. The predicted molar refractivity (Wildman–Crippen MR) is 83.1 cm³/mol. The number of ether oxygens (including phenoxy) is 1. The van der Waals surface area contributed by atoms with Crippen molar-refractivity contribution in [3.63, 3.8) is 0 Å². The van der Waals surface area contributed by atoms with Crippen LogP contribution in [0, 0.1) is 0 Å². The highest BCUT2D eigenvalue weighted by Crippen LogP contribution is 2.33. The van der Waals surface area contributed by atoms with Gasteiger partial charge >= 0.3 is 0 Å². The number of hydrogen-bond acceptors (Lipinski definition) is 4. The molecule has 0 saturated carbocycles. The van der Waals surface area contributed by atoms with Crippen molar-refractivity contribution in [2.24, 2.45) is 5.73 Å². The van der Waals surface area contributed by atoms with E-state index in [0.717, 1.165) is 23.7 Å². The highest BCUT2D eigenvalue weighted by molar-refractivity contribution is 9.10. The Morgan fingerprint density at radius 1 is 1.38 bits per heavy atom. The Morgan fingerprint density at radius 3 is 2.90 bits per heavy atom. The van der Waals surface area contributed by atoms with E-state index >= 15 is 0 Å². The van der Waals surface area contributed by atoms with Gasteiger partial charge in [0, 0.05) is 10.0 Å². The van der Waals surface area contributed by atoms with Crippen LogP contribution in [0.3, 0.4) is 0 Å². The Labute approximate surface area is 131 Å². The second-order valence-corrected chi connectivity index (χ2v) is 5.50. The van der Waals surface area contributed by atoms with E-state index < -0.39 is 5.91 Å². The molecule has 0 unspecified atom stereocenters. The zero-order valence-electron chi connectivity index (χ0n) is 11.7. The van der Waals surface area contributed by atoms with Crippen LogP contribution in [0.1, 0.15) is 36.7 Å². The Bertz CT molecular complexity index is 627. The Balaban J connectivity index is 2.30. The van der Waals surface area contributed by atoms with E-state index in [9.17, 15) is 4.79 Å². The monoisotopic (exact) mass is 352 g/mol. The summed E-state index contributed by atoms with van der Waals surface area (Å²) in [5.74, 6) is 0.0290. The number of carbonyl (C=O) groups excluding carboxylic acids is 1. The molecule has 1 amide bonds. The molecule has 0 aliphatic rings. The van der Waals surface area contributed by atoms with E-state index in [2.05, 4.69) is 38.3 Å². The largest absolute Gasteiger partial charge is 0.493 e. The number of rotatable bonds is 7. The molecule has 0 bridgehead atoms. The normalized spacial score (nSPS) is 10.6. The van der Waals surface area contributed by atoms with Crippen LogP contribution in [0.15, 0.2) is 22.7 Å². The van der Waals surface area contributed by atoms with Crippen LogP contribution in [-0.4, -0.2) is 27.9 Å². The zero-order chi connectivity index (χ0) is 15.2. The van der Waals surface area contributed by atoms with Gasteiger partial charge in [0.15, 0.2) is 5.69 Å². The lowest BCUT2D eigenvalue weighted by Gasteiger charge is -2.11. The van der Waals surface area contributed by atoms with Gasteiger partial charge in [0.2, 0.25) is 0 Å². The van der Waals surface area contributed by atoms with Crippen LogP contribution in [0.5, 0.6) is 5.75 Å². The highest BCUT2D eigenvalue weighted by Gasteiger charge is 2.19. The topological polar surface area (TPSA) is 93.9 Å². The first-order valence-corrected chi connectivity index (χ1v) is 7.56. The maximum absolute atomic E-state index is 11.4. The van der Waals surface area contributed by atoms with Crippen LogP contribution in [0.4, 0.5) is 0 Å². The number of aromatic amines is 1. The van der Waals surface area contributed by atoms with Gasteiger partial charge in [-0.1, -0.05) is 35.7 Å². The second kappa shape index (κ2) is 7.21. The summed E-state index contributed by atoms with van der Waals surface area (Å²) in [6, 6.07) is 5.55. The first-order chi connectivity index (χ1) is 10.1. The van der Waals surface area contributed by atoms with Crippen LogP contribution in [0.2, 0.25) is 0 Å². The Hall–Kier alpha value is -1.89. The molecule has 0 aliphatic heterocycles. The molecule has 0 atom stereocenters. The maximum Gasteiger partial charge on any atom is 0.271 e. The fraction of sp³-hybridized carbons (Fsp3) is 0.357. The number of benzene rings is 1. The van der Waals surface area contributed by atoms with Gasteiger partial charge in [-0.15, -0.1) is 0 Å². The molecule has 21 heavy (non-hydrogen) atoms. The van der Waals surface area contributed by atoms with Gasteiger partial charge in [0.05, 0.1) is 6.61 Å². The second-order valence-electron chi connectivity index (χ2n) is 4.58.